The molecule has 0 bridgehead atoms. The molecule has 0 radical (unpaired) electrons. The van der Waals surface area contributed by atoms with Gasteiger partial charge in [0.05, 0.1) is 19.6 Å². The first-order chi connectivity index (χ1) is 9.12. The van der Waals surface area contributed by atoms with Gasteiger partial charge in [0.25, 0.3) is 0 Å². The molecule has 0 unspecified atom stereocenters. The smallest absolute Gasteiger partial charge is 0.220 e. The van der Waals surface area contributed by atoms with E-state index >= 15 is 0 Å². The summed E-state index contributed by atoms with van der Waals surface area (Å²) in [5.74, 6) is 0.0397. The first-order valence-corrected chi connectivity index (χ1v) is 7.05. The van der Waals surface area contributed by atoms with E-state index in [1.165, 1.54) is 0 Å². The van der Waals surface area contributed by atoms with Crippen molar-refractivity contribution < 1.29 is 19.2 Å². The number of amides is 1. The van der Waals surface area contributed by atoms with E-state index in [1.54, 1.807) is 0 Å². The summed E-state index contributed by atoms with van der Waals surface area (Å²) in [5.41, 5.74) is 5.58. The first-order valence-electron chi connectivity index (χ1n) is 7.05. The second-order valence-electron chi connectivity index (χ2n) is 5.36. The van der Waals surface area contributed by atoms with Crippen LogP contribution in [0.3, 0.4) is 0 Å². The van der Waals surface area contributed by atoms with Gasteiger partial charge in [-0.3, -0.25) is 4.79 Å². The van der Waals surface area contributed by atoms with Crippen LogP contribution in [0.2, 0.25) is 0 Å². The van der Waals surface area contributed by atoms with Gasteiger partial charge < -0.3 is 25.4 Å². The number of hydrogen-bond acceptors (Lipinski definition) is 4. The molecule has 4 N–H and O–H groups in total. The predicted octanol–water partition coefficient (Wildman–Crippen LogP) is -0.988. The fourth-order valence-corrected chi connectivity index (χ4v) is 2.63. The maximum absolute atomic E-state index is 11.5. The van der Waals surface area contributed by atoms with Crippen molar-refractivity contribution in [3.05, 3.63) is 0 Å². The van der Waals surface area contributed by atoms with Crippen molar-refractivity contribution >= 4 is 12.2 Å². The normalized spacial score (nSPS) is 25.7. The van der Waals surface area contributed by atoms with Gasteiger partial charge in [-0.05, 0) is 12.8 Å². The van der Waals surface area contributed by atoms with Crippen LogP contribution in [0.4, 0.5) is 0 Å². The number of nitrogens with one attached hydrogen (secondary N) is 1. The summed E-state index contributed by atoms with van der Waals surface area (Å²) in [6, 6.07) is 0. The van der Waals surface area contributed by atoms with E-state index in [0.29, 0.717) is 25.9 Å². The molecule has 1 saturated heterocycles. The van der Waals surface area contributed by atoms with Crippen molar-refractivity contribution in [2.24, 2.45) is 5.73 Å². The molecule has 0 aromatic carbocycles. The van der Waals surface area contributed by atoms with Gasteiger partial charge in [0, 0.05) is 19.4 Å². The van der Waals surface area contributed by atoms with Crippen LogP contribution >= 0.6 is 0 Å². The Bertz CT molecular complexity index is 285. The van der Waals surface area contributed by atoms with Crippen LogP contribution in [0.5, 0.6) is 0 Å². The molecule has 6 heteroatoms. The van der Waals surface area contributed by atoms with Crippen molar-refractivity contribution in [2.45, 2.75) is 31.8 Å². The van der Waals surface area contributed by atoms with Crippen LogP contribution < -0.4 is 11.1 Å². The molecule has 6 nitrogen and oxygen atoms in total. The van der Waals surface area contributed by atoms with Gasteiger partial charge in [0.2, 0.25) is 5.91 Å². The third-order valence-electron chi connectivity index (χ3n) is 3.68. The van der Waals surface area contributed by atoms with Crippen LogP contribution in [-0.2, 0) is 9.59 Å². The van der Waals surface area contributed by atoms with Crippen LogP contribution in [0, 0.1) is 0 Å². The van der Waals surface area contributed by atoms with Crippen molar-refractivity contribution in [2.75, 3.05) is 39.3 Å². The summed E-state index contributed by atoms with van der Waals surface area (Å²) >= 11 is 0. The van der Waals surface area contributed by atoms with Crippen LogP contribution in [-0.4, -0.2) is 67.2 Å². The van der Waals surface area contributed by atoms with Gasteiger partial charge in [0.15, 0.2) is 6.10 Å². The number of aliphatic hydroxyl groups excluding tert-OH is 1. The van der Waals surface area contributed by atoms with E-state index in [2.05, 4.69) is 5.32 Å². The van der Waals surface area contributed by atoms with Gasteiger partial charge in [-0.15, -0.1) is 0 Å². The van der Waals surface area contributed by atoms with Gasteiger partial charge in [-0.2, -0.15) is 0 Å². The number of carbonyl (C=O) groups is 2. The highest BCUT2D eigenvalue weighted by Gasteiger charge is 2.41. The zero-order valence-corrected chi connectivity index (χ0v) is 11.5. The molecule has 1 aliphatic heterocycles. The Morgan fingerprint density at radius 3 is 2.68 bits per heavy atom. The summed E-state index contributed by atoms with van der Waals surface area (Å²) in [6.07, 6.45) is 3.20. The Hall–Kier alpha value is -0.980. The Labute approximate surface area is 114 Å². The number of carbonyl (C=O) groups excluding carboxylic acids is 2. The maximum Gasteiger partial charge on any atom is 0.220 e. The monoisotopic (exact) mass is 272 g/mol. The minimum atomic E-state index is -0.217. The van der Waals surface area contributed by atoms with Gasteiger partial charge in [-0.1, -0.05) is 0 Å². The SMILES string of the molecule is NCC[N+]1(CCNC(=O)CCCCC=O)CC(O)C1. The van der Waals surface area contributed by atoms with Crippen LogP contribution in [0.25, 0.3) is 0 Å². The number of nitrogens with two attached hydrogens (primary N) is 1. The van der Waals surface area contributed by atoms with E-state index in [-0.39, 0.29) is 12.0 Å². The minimum Gasteiger partial charge on any atom is -0.382 e. The molecule has 1 fully saturated rings. The van der Waals surface area contributed by atoms with Crippen molar-refractivity contribution in [1.29, 1.82) is 0 Å². The molecule has 0 spiro atoms. The molecular weight excluding hydrogens is 246 g/mol. The Kier molecular flexibility index (Phi) is 6.97. The average molecular weight is 272 g/mol. The number of nitrogens with zero attached hydrogens (tertiary/aromatic N) is 1. The Balaban J connectivity index is 2.11. The lowest BCUT2D eigenvalue weighted by Crippen LogP contribution is -2.69. The zero-order valence-electron chi connectivity index (χ0n) is 11.5. The summed E-state index contributed by atoms with van der Waals surface area (Å²) in [4.78, 5) is 21.7. The zero-order chi connectivity index (χ0) is 14.1. The lowest BCUT2D eigenvalue weighted by atomic mass is 10.1. The molecule has 19 heavy (non-hydrogen) atoms. The molecule has 0 aromatic rings. The quantitative estimate of drug-likeness (QED) is 0.270. The van der Waals surface area contributed by atoms with E-state index in [4.69, 9.17) is 5.73 Å². The number of aliphatic hydroxyl groups is 1. The molecule has 1 heterocycles. The lowest BCUT2D eigenvalue weighted by molar-refractivity contribution is -0.970. The number of rotatable bonds is 10. The number of aldehydes is 1. The number of hydrogen-bond donors (Lipinski definition) is 3. The molecule has 0 aliphatic carbocycles. The van der Waals surface area contributed by atoms with E-state index in [1.807, 2.05) is 0 Å². The summed E-state index contributed by atoms with van der Waals surface area (Å²) in [6.45, 7) is 4.39. The molecule has 0 aromatic heterocycles. The highest BCUT2D eigenvalue weighted by molar-refractivity contribution is 5.75. The highest BCUT2D eigenvalue weighted by atomic mass is 16.3. The predicted molar refractivity (Wildman–Crippen MR) is 72.3 cm³/mol. The average Bonchev–Trinajstić information content (AvgIpc) is 2.33. The number of likely N-dealkylation sites (tertiary alicyclic amines) is 1. The van der Waals surface area contributed by atoms with Crippen molar-refractivity contribution in [3.63, 3.8) is 0 Å². The lowest BCUT2D eigenvalue weighted by Gasteiger charge is -2.48. The maximum atomic E-state index is 11.5. The molecule has 0 atom stereocenters. The molecule has 1 amide bonds. The Morgan fingerprint density at radius 2 is 2.11 bits per heavy atom. The minimum absolute atomic E-state index is 0.0397. The van der Waals surface area contributed by atoms with Gasteiger partial charge in [0.1, 0.15) is 19.4 Å². The number of quaternary nitrogens is 1. The second-order valence-corrected chi connectivity index (χ2v) is 5.36. The Morgan fingerprint density at radius 1 is 1.37 bits per heavy atom. The van der Waals surface area contributed by atoms with Crippen molar-refractivity contribution in [3.8, 4) is 0 Å². The van der Waals surface area contributed by atoms with E-state index in [0.717, 1.165) is 49.8 Å². The van der Waals surface area contributed by atoms with Crippen LogP contribution in [0.15, 0.2) is 0 Å². The highest BCUT2D eigenvalue weighted by Crippen LogP contribution is 2.19. The molecular formula is C13H26N3O3+. The summed E-state index contributed by atoms with van der Waals surface area (Å²) in [5, 5.41) is 12.3. The fourth-order valence-electron chi connectivity index (χ4n) is 2.63. The van der Waals surface area contributed by atoms with Gasteiger partial charge >= 0.3 is 0 Å². The van der Waals surface area contributed by atoms with E-state index < -0.39 is 0 Å². The largest absolute Gasteiger partial charge is 0.382 e. The topological polar surface area (TPSA) is 92.4 Å². The molecule has 0 saturated carbocycles. The first kappa shape index (κ1) is 16.1. The second kappa shape index (κ2) is 8.24. The molecule has 1 rings (SSSR count). The summed E-state index contributed by atoms with van der Waals surface area (Å²) < 4.78 is 0.809. The number of unbranched alkanes of at least 4 members (excludes halogenated alkanes) is 2. The van der Waals surface area contributed by atoms with Crippen LogP contribution in [0.1, 0.15) is 25.7 Å². The third kappa shape index (κ3) is 5.67. The molecule has 110 valence electrons. The third-order valence-corrected chi connectivity index (χ3v) is 3.68. The van der Waals surface area contributed by atoms with E-state index in [9.17, 15) is 14.7 Å². The summed E-state index contributed by atoms with van der Waals surface area (Å²) in [7, 11) is 0. The van der Waals surface area contributed by atoms with Crippen molar-refractivity contribution in [1.82, 2.24) is 5.32 Å². The molecule has 1 aliphatic rings. The fraction of sp³-hybridized carbons (Fsp3) is 0.846. The van der Waals surface area contributed by atoms with Gasteiger partial charge in [-0.25, -0.2) is 0 Å². The standard InChI is InChI=1S/C13H25N3O3/c14-5-7-16(10-12(18)11-16)8-6-15-13(19)4-2-1-3-9-17/h9,12,18H,1-8,10-11,14H2/p+1.